The van der Waals surface area contributed by atoms with Gasteiger partial charge in [-0.15, -0.1) is 5.92 Å². The van der Waals surface area contributed by atoms with Gasteiger partial charge in [-0.25, -0.2) is 4.98 Å². The summed E-state index contributed by atoms with van der Waals surface area (Å²) in [7, 11) is 0. The third-order valence-corrected chi connectivity index (χ3v) is 3.83. The second-order valence-corrected chi connectivity index (χ2v) is 5.57. The molecule has 0 saturated carbocycles. The second-order valence-electron chi connectivity index (χ2n) is 5.57. The fourth-order valence-corrected chi connectivity index (χ4v) is 2.64. The Labute approximate surface area is 125 Å². The average molecular weight is 291 g/mol. The summed E-state index contributed by atoms with van der Waals surface area (Å²) in [5.41, 5.74) is 0. The van der Waals surface area contributed by atoms with Crippen LogP contribution >= 0.6 is 0 Å². The van der Waals surface area contributed by atoms with E-state index in [2.05, 4.69) is 35.7 Å². The number of hydrogen-bond acceptors (Lipinski definition) is 4. The minimum atomic E-state index is -0.489. The summed E-state index contributed by atoms with van der Waals surface area (Å²) in [4.78, 5) is 10.0. The molecule has 0 spiro atoms. The molecular weight excluding hydrogens is 269 g/mol. The van der Waals surface area contributed by atoms with E-state index in [4.69, 9.17) is 4.74 Å². The molecule has 1 fully saturated rings. The lowest BCUT2D eigenvalue weighted by molar-refractivity contribution is 0.330. The molecule has 0 N–H and O–H groups in total. The normalized spacial score (nSPS) is 22.2. The first-order chi connectivity index (χ1) is 10.1. The Bertz CT molecular complexity index is 538. The van der Waals surface area contributed by atoms with E-state index >= 15 is 0 Å². The van der Waals surface area contributed by atoms with Crippen molar-refractivity contribution in [3.63, 3.8) is 0 Å². The van der Waals surface area contributed by atoms with Crippen LogP contribution in [0.3, 0.4) is 0 Å². The van der Waals surface area contributed by atoms with E-state index < -0.39 is 5.82 Å². The molecule has 0 amide bonds. The van der Waals surface area contributed by atoms with Gasteiger partial charge in [-0.05, 0) is 32.6 Å². The summed E-state index contributed by atoms with van der Waals surface area (Å²) >= 11 is 0. The van der Waals surface area contributed by atoms with Crippen LogP contribution in [0.2, 0.25) is 0 Å². The van der Waals surface area contributed by atoms with Gasteiger partial charge in [0.1, 0.15) is 6.33 Å². The van der Waals surface area contributed by atoms with Crippen LogP contribution < -0.4 is 9.64 Å². The summed E-state index contributed by atoms with van der Waals surface area (Å²) < 4.78 is 19.9. The Morgan fingerprint density at radius 2 is 2.19 bits per heavy atom. The fourth-order valence-electron chi connectivity index (χ4n) is 2.64. The highest BCUT2D eigenvalue weighted by Crippen LogP contribution is 2.29. The van der Waals surface area contributed by atoms with Crippen molar-refractivity contribution in [1.82, 2.24) is 9.97 Å². The molecule has 2 unspecified atom stereocenters. The van der Waals surface area contributed by atoms with E-state index in [1.807, 2.05) is 4.90 Å². The minimum Gasteiger partial charge on any atom is -0.462 e. The van der Waals surface area contributed by atoms with Crippen molar-refractivity contribution in [3.8, 4) is 17.7 Å². The van der Waals surface area contributed by atoms with Gasteiger partial charge in [0.2, 0.25) is 5.82 Å². The van der Waals surface area contributed by atoms with E-state index in [-0.39, 0.29) is 18.5 Å². The maximum atomic E-state index is 14.6. The van der Waals surface area contributed by atoms with Gasteiger partial charge >= 0.3 is 0 Å². The molecule has 114 valence electrons. The van der Waals surface area contributed by atoms with Gasteiger partial charge in [0.15, 0.2) is 12.4 Å². The van der Waals surface area contributed by atoms with Gasteiger partial charge in [0.05, 0.1) is 0 Å². The highest BCUT2D eigenvalue weighted by atomic mass is 19.1. The standard InChI is InChI=1S/C16H22FN3O/c1-4-5-9-21-16-14(17)15(18-11-19-16)20-10-12(2)7-6-8-13(20)3/h11-13H,6-10H2,1-3H3. The summed E-state index contributed by atoms with van der Waals surface area (Å²) in [6.07, 6.45) is 4.74. The zero-order valence-corrected chi connectivity index (χ0v) is 12.9. The monoisotopic (exact) mass is 291 g/mol. The van der Waals surface area contributed by atoms with Crippen LogP contribution in [0.15, 0.2) is 6.33 Å². The van der Waals surface area contributed by atoms with E-state index in [9.17, 15) is 4.39 Å². The van der Waals surface area contributed by atoms with Crippen molar-refractivity contribution < 1.29 is 9.13 Å². The predicted octanol–water partition coefficient (Wildman–Crippen LogP) is 3.03. The Balaban J connectivity index is 2.24. The topological polar surface area (TPSA) is 38.3 Å². The van der Waals surface area contributed by atoms with E-state index in [0.29, 0.717) is 11.7 Å². The second kappa shape index (κ2) is 7.26. The lowest BCUT2D eigenvalue weighted by atomic mass is 10.1. The van der Waals surface area contributed by atoms with Crippen LogP contribution in [-0.4, -0.2) is 29.2 Å². The Morgan fingerprint density at radius 1 is 1.38 bits per heavy atom. The molecule has 0 bridgehead atoms. The van der Waals surface area contributed by atoms with E-state index in [0.717, 1.165) is 13.0 Å². The average Bonchev–Trinajstić information content (AvgIpc) is 2.62. The van der Waals surface area contributed by atoms with Crippen molar-refractivity contribution in [1.29, 1.82) is 0 Å². The van der Waals surface area contributed by atoms with Crippen LogP contribution in [0, 0.1) is 23.6 Å². The molecule has 1 aliphatic heterocycles. The van der Waals surface area contributed by atoms with Gasteiger partial charge in [0, 0.05) is 12.6 Å². The van der Waals surface area contributed by atoms with Crippen LogP contribution in [0.5, 0.6) is 5.88 Å². The number of halogens is 1. The lowest BCUT2D eigenvalue weighted by Gasteiger charge is -2.30. The molecular formula is C16H22FN3O. The number of ether oxygens (including phenoxy) is 1. The van der Waals surface area contributed by atoms with Gasteiger partial charge in [0.25, 0.3) is 5.88 Å². The molecule has 1 aromatic rings. The Morgan fingerprint density at radius 3 is 2.95 bits per heavy atom. The molecule has 1 saturated heterocycles. The summed E-state index contributed by atoms with van der Waals surface area (Å²) in [5.74, 6) is 5.80. The molecule has 4 nitrogen and oxygen atoms in total. The zero-order valence-electron chi connectivity index (χ0n) is 12.9. The molecule has 2 rings (SSSR count). The zero-order chi connectivity index (χ0) is 15.2. The fraction of sp³-hybridized carbons (Fsp3) is 0.625. The van der Waals surface area contributed by atoms with Gasteiger partial charge in [-0.3, -0.25) is 0 Å². The van der Waals surface area contributed by atoms with E-state index in [1.165, 1.54) is 19.2 Å². The van der Waals surface area contributed by atoms with Crippen molar-refractivity contribution in [3.05, 3.63) is 12.1 Å². The van der Waals surface area contributed by atoms with Crippen molar-refractivity contribution in [2.24, 2.45) is 5.92 Å². The summed E-state index contributed by atoms with van der Waals surface area (Å²) in [5, 5.41) is 0. The van der Waals surface area contributed by atoms with Crippen LogP contribution in [0.1, 0.15) is 40.0 Å². The quantitative estimate of drug-likeness (QED) is 0.802. The number of aromatic nitrogens is 2. The van der Waals surface area contributed by atoms with E-state index in [1.54, 1.807) is 6.92 Å². The summed E-state index contributed by atoms with van der Waals surface area (Å²) in [6, 6.07) is 0.266. The number of nitrogens with zero attached hydrogens (tertiary/aromatic N) is 3. The first kappa shape index (κ1) is 15.6. The van der Waals surface area contributed by atoms with Crippen molar-refractivity contribution >= 4 is 5.82 Å². The molecule has 0 aliphatic carbocycles. The Hall–Kier alpha value is -1.83. The van der Waals surface area contributed by atoms with Crippen LogP contribution in [-0.2, 0) is 0 Å². The SMILES string of the molecule is CC#CCOc1ncnc(N2CC(C)CCCC2C)c1F. The van der Waals surface area contributed by atoms with Gasteiger partial charge < -0.3 is 9.64 Å². The number of rotatable bonds is 3. The number of anilines is 1. The lowest BCUT2D eigenvalue weighted by Crippen LogP contribution is -2.36. The molecule has 0 radical (unpaired) electrons. The molecule has 1 aliphatic rings. The smallest absolute Gasteiger partial charge is 0.256 e. The molecule has 5 heteroatoms. The van der Waals surface area contributed by atoms with Gasteiger partial charge in [-0.1, -0.05) is 19.3 Å². The number of hydrogen-bond donors (Lipinski definition) is 0. The van der Waals surface area contributed by atoms with Gasteiger partial charge in [-0.2, -0.15) is 9.37 Å². The Kier molecular flexibility index (Phi) is 5.38. The third kappa shape index (κ3) is 3.84. The van der Waals surface area contributed by atoms with Crippen molar-refractivity contribution in [2.45, 2.75) is 46.1 Å². The minimum absolute atomic E-state index is 0.0214. The van der Waals surface area contributed by atoms with Crippen LogP contribution in [0.4, 0.5) is 10.2 Å². The maximum absolute atomic E-state index is 14.6. The first-order valence-corrected chi connectivity index (χ1v) is 7.43. The molecule has 21 heavy (non-hydrogen) atoms. The summed E-state index contributed by atoms with van der Waals surface area (Å²) in [6.45, 7) is 6.96. The maximum Gasteiger partial charge on any atom is 0.256 e. The molecule has 2 heterocycles. The molecule has 0 aromatic carbocycles. The predicted molar refractivity (Wildman–Crippen MR) is 80.8 cm³/mol. The van der Waals surface area contributed by atoms with Crippen molar-refractivity contribution in [2.75, 3.05) is 18.1 Å². The molecule has 2 atom stereocenters. The van der Waals surface area contributed by atoms with Crippen LogP contribution in [0.25, 0.3) is 0 Å². The molecule has 1 aromatic heterocycles. The highest BCUT2D eigenvalue weighted by Gasteiger charge is 2.26. The third-order valence-electron chi connectivity index (χ3n) is 3.83. The first-order valence-electron chi connectivity index (χ1n) is 7.43. The largest absolute Gasteiger partial charge is 0.462 e. The highest BCUT2D eigenvalue weighted by molar-refractivity contribution is 5.44.